The third kappa shape index (κ3) is 3.00. The van der Waals surface area contributed by atoms with Gasteiger partial charge >= 0.3 is 0 Å². The molecule has 0 radical (unpaired) electrons. The van der Waals surface area contributed by atoms with E-state index in [9.17, 15) is 5.11 Å². The number of aliphatic hydroxyl groups is 1. The van der Waals surface area contributed by atoms with Crippen LogP contribution in [0.3, 0.4) is 0 Å². The van der Waals surface area contributed by atoms with Crippen LogP contribution in [-0.4, -0.2) is 33.7 Å². The topological polar surface area (TPSA) is 36.4 Å². The lowest BCUT2D eigenvalue weighted by molar-refractivity contribution is -0.00731. The largest absolute Gasteiger partial charge is 0.390 e. The molecular weight excluding hydrogens is 208 g/mol. The van der Waals surface area contributed by atoms with E-state index in [2.05, 4.69) is 15.3 Å². The summed E-state index contributed by atoms with van der Waals surface area (Å²) >= 11 is 1.73. The van der Waals surface area contributed by atoms with Crippen molar-refractivity contribution in [1.82, 2.24) is 9.88 Å². The Morgan fingerprint density at radius 2 is 2.20 bits per heavy atom. The zero-order chi connectivity index (χ0) is 10.9. The van der Waals surface area contributed by atoms with Gasteiger partial charge in [0, 0.05) is 24.2 Å². The molecule has 1 saturated heterocycles. The molecule has 0 aliphatic carbocycles. The lowest BCUT2D eigenvalue weighted by Crippen LogP contribution is -2.41. The fourth-order valence-electron chi connectivity index (χ4n) is 1.86. The van der Waals surface area contributed by atoms with E-state index in [-0.39, 0.29) is 0 Å². The van der Waals surface area contributed by atoms with Gasteiger partial charge < -0.3 is 5.11 Å². The van der Waals surface area contributed by atoms with Crippen molar-refractivity contribution in [3.63, 3.8) is 0 Å². The van der Waals surface area contributed by atoms with E-state index in [1.165, 1.54) is 5.01 Å². The fraction of sp³-hybridized carbons (Fsp3) is 0.727. The van der Waals surface area contributed by atoms with Gasteiger partial charge in [0.25, 0.3) is 0 Å². The number of nitrogens with zero attached hydrogens (tertiary/aromatic N) is 2. The monoisotopic (exact) mass is 226 g/mol. The van der Waals surface area contributed by atoms with Gasteiger partial charge in [0.15, 0.2) is 0 Å². The summed E-state index contributed by atoms with van der Waals surface area (Å²) in [5.74, 6) is 0. The lowest BCUT2D eigenvalue weighted by Gasteiger charge is -2.35. The van der Waals surface area contributed by atoms with Crippen LogP contribution in [0.4, 0.5) is 0 Å². The molecule has 1 aliphatic rings. The van der Waals surface area contributed by atoms with Gasteiger partial charge in [-0.1, -0.05) is 0 Å². The first-order valence-electron chi connectivity index (χ1n) is 5.41. The Bertz CT molecular complexity index is 325. The quantitative estimate of drug-likeness (QED) is 0.835. The van der Waals surface area contributed by atoms with E-state index in [1.54, 1.807) is 11.3 Å². The smallest absolute Gasteiger partial charge is 0.107 e. The summed E-state index contributed by atoms with van der Waals surface area (Å²) in [6.45, 7) is 6.85. The first kappa shape index (κ1) is 11.0. The van der Waals surface area contributed by atoms with E-state index in [0.717, 1.165) is 38.2 Å². The predicted octanol–water partition coefficient (Wildman–Crippen LogP) is 1.80. The zero-order valence-electron chi connectivity index (χ0n) is 9.36. The van der Waals surface area contributed by atoms with E-state index in [4.69, 9.17) is 0 Å². The van der Waals surface area contributed by atoms with Crippen LogP contribution in [0.1, 0.15) is 30.5 Å². The molecule has 3 nitrogen and oxygen atoms in total. The normalized spacial score (nSPS) is 21.8. The van der Waals surface area contributed by atoms with Crippen LogP contribution < -0.4 is 0 Å². The minimum atomic E-state index is -0.449. The van der Waals surface area contributed by atoms with Gasteiger partial charge in [-0.25, -0.2) is 4.98 Å². The molecule has 0 spiro atoms. The van der Waals surface area contributed by atoms with Crippen LogP contribution in [0.5, 0.6) is 0 Å². The number of likely N-dealkylation sites (tertiary alicyclic amines) is 1. The van der Waals surface area contributed by atoms with Gasteiger partial charge in [-0.05, 0) is 26.7 Å². The minimum absolute atomic E-state index is 0.449. The van der Waals surface area contributed by atoms with Gasteiger partial charge in [0.2, 0.25) is 0 Å². The lowest BCUT2D eigenvalue weighted by atomic mass is 9.94. The van der Waals surface area contributed by atoms with Gasteiger partial charge in [-0.2, -0.15) is 0 Å². The van der Waals surface area contributed by atoms with Crippen molar-refractivity contribution in [1.29, 1.82) is 0 Å². The minimum Gasteiger partial charge on any atom is -0.390 e. The Morgan fingerprint density at radius 1 is 1.53 bits per heavy atom. The average Bonchev–Trinajstić information content (AvgIpc) is 2.55. The average molecular weight is 226 g/mol. The zero-order valence-corrected chi connectivity index (χ0v) is 10.2. The molecule has 1 aromatic heterocycles. The van der Waals surface area contributed by atoms with Gasteiger partial charge in [0.05, 0.1) is 12.1 Å². The molecule has 1 fully saturated rings. The van der Waals surface area contributed by atoms with E-state index >= 15 is 0 Å². The molecule has 1 aromatic rings. The number of aromatic nitrogens is 1. The SMILES string of the molecule is Cc1csc(CN2CCC(C)(O)CC2)n1. The van der Waals surface area contributed by atoms with Crippen molar-refractivity contribution >= 4 is 11.3 Å². The highest BCUT2D eigenvalue weighted by molar-refractivity contribution is 7.09. The highest BCUT2D eigenvalue weighted by Gasteiger charge is 2.27. The maximum atomic E-state index is 9.82. The van der Waals surface area contributed by atoms with Crippen LogP contribution in [0, 0.1) is 6.92 Å². The molecule has 0 bridgehead atoms. The molecule has 0 amide bonds. The van der Waals surface area contributed by atoms with Gasteiger partial charge in [-0.3, -0.25) is 4.90 Å². The number of hydrogen-bond acceptors (Lipinski definition) is 4. The molecule has 15 heavy (non-hydrogen) atoms. The Kier molecular flexibility index (Phi) is 3.09. The van der Waals surface area contributed by atoms with Crippen LogP contribution >= 0.6 is 11.3 Å². The summed E-state index contributed by atoms with van der Waals surface area (Å²) in [7, 11) is 0. The van der Waals surface area contributed by atoms with Crippen LogP contribution in [0.25, 0.3) is 0 Å². The molecule has 1 aliphatic heterocycles. The molecule has 0 atom stereocenters. The first-order chi connectivity index (χ1) is 7.05. The third-order valence-corrected chi connectivity index (χ3v) is 3.91. The number of hydrogen-bond donors (Lipinski definition) is 1. The van der Waals surface area contributed by atoms with Crippen molar-refractivity contribution in [2.24, 2.45) is 0 Å². The van der Waals surface area contributed by atoms with Crippen molar-refractivity contribution < 1.29 is 5.11 Å². The van der Waals surface area contributed by atoms with E-state index in [1.807, 2.05) is 13.8 Å². The summed E-state index contributed by atoms with van der Waals surface area (Å²) in [6, 6.07) is 0. The molecule has 0 unspecified atom stereocenters. The van der Waals surface area contributed by atoms with Crippen LogP contribution in [0.15, 0.2) is 5.38 Å². The first-order valence-corrected chi connectivity index (χ1v) is 6.29. The summed E-state index contributed by atoms with van der Waals surface area (Å²) in [5.41, 5.74) is 0.661. The summed E-state index contributed by atoms with van der Waals surface area (Å²) < 4.78 is 0. The van der Waals surface area contributed by atoms with Crippen molar-refractivity contribution in [3.05, 3.63) is 16.1 Å². The summed E-state index contributed by atoms with van der Waals surface area (Å²) in [6.07, 6.45) is 1.74. The number of piperidine rings is 1. The molecule has 0 aromatic carbocycles. The van der Waals surface area contributed by atoms with Crippen molar-refractivity contribution in [2.75, 3.05) is 13.1 Å². The number of thiazole rings is 1. The predicted molar refractivity (Wildman–Crippen MR) is 62.0 cm³/mol. The number of aryl methyl sites for hydroxylation is 1. The molecule has 2 heterocycles. The fourth-order valence-corrected chi connectivity index (χ4v) is 2.67. The van der Waals surface area contributed by atoms with Crippen LogP contribution in [-0.2, 0) is 6.54 Å². The molecule has 0 saturated carbocycles. The van der Waals surface area contributed by atoms with E-state index in [0.29, 0.717) is 0 Å². The maximum Gasteiger partial charge on any atom is 0.107 e. The summed E-state index contributed by atoms with van der Waals surface area (Å²) in [4.78, 5) is 6.83. The molecule has 1 N–H and O–H groups in total. The Morgan fingerprint density at radius 3 is 2.73 bits per heavy atom. The standard InChI is InChI=1S/C11H18N2OS/c1-9-8-15-10(12-9)7-13-5-3-11(2,14)4-6-13/h8,14H,3-7H2,1-2H3. The van der Waals surface area contributed by atoms with Crippen molar-refractivity contribution in [2.45, 2.75) is 38.8 Å². The Labute approximate surface area is 94.8 Å². The van der Waals surface area contributed by atoms with Gasteiger partial charge in [0.1, 0.15) is 5.01 Å². The van der Waals surface area contributed by atoms with Crippen LogP contribution in [0.2, 0.25) is 0 Å². The third-order valence-electron chi connectivity index (χ3n) is 2.96. The van der Waals surface area contributed by atoms with Crippen molar-refractivity contribution in [3.8, 4) is 0 Å². The molecule has 2 rings (SSSR count). The number of rotatable bonds is 2. The second-order valence-corrected chi connectivity index (χ2v) is 5.60. The maximum absolute atomic E-state index is 9.82. The van der Waals surface area contributed by atoms with Gasteiger partial charge in [-0.15, -0.1) is 11.3 Å². The highest BCUT2D eigenvalue weighted by atomic mass is 32.1. The molecular formula is C11H18N2OS. The molecule has 4 heteroatoms. The van der Waals surface area contributed by atoms with E-state index < -0.39 is 5.60 Å². The Hall–Kier alpha value is -0.450. The highest BCUT2D eigenvalue weighted by Crippen LogP contribution is 2.23. The second-order valence-electron chi connectivity index (χ2n) is 4.66. The summed E-state index contributed by atoms with van der Waals surface area (Å²) in [5, 5.41) is 13.1. The Balaban J connectivity index is 1.87. The second kappa shape index (κ2) is 4.20. The molecule has 84 valence electrons.